The highest BCUT2D eigenvalue weighted by Crippen LogP contribution is 2.43. The van der Waals surface area contributed by atoms with Crippen LogP contribution >= 0.6 is 0 Å². The molecule has 1 fully saturated rings. The molecule has 7 heteroatoms. The molecule has 2 aromatic carbocycles. The van der Waals surface area contributed by atoms with E-state index in [-0.39, 0.29) is 5.91 Å². The van der Waals surface area contributed by atoms with Gasteiger partial charge in [0, 0.05) is 23.5 Å². The molecule has 1 saturated heterocycles. The Morgan fingerprint density at radius 1 is 1.13 bits per heavy atom. The molecular formula is C24H24F3N3O. The van der Waals surface area contributed by atoms with Crippen molar-refractivity contribution in [1.82, 2.24) is 5.32 Å². The zero-order chi connectivity index (χ0) is 22.2. The van der Waals surface area contributed by atoms with Gasteiger partial charge in [-0.25, -0.2) is 0 Å². The van der Waals surface area contributed by atoms with Crippen LogP contribution in [-0.2, 0) is 11.0 Å². The fourth-order valence-electron chi connectivity index (χ4n) is 4.18. The summed E-state index contributed by atoms with van der Waals surface area (Å²) in [4.78, 5) is 19.6. The van der Waals surface area contributed by atoms with Crippen molar-refractivity contribution in [2.24, 2.45) is 10.9 Å². The maximum absolute atomic E-state index is 13.5. The molecule has 0 aliphatic carbocycles. The van der Waals surface area contributed by atoms with Crippen LogP contribution in [0.2, 0.25) is 0 Å². The SMILES string of the molecule is CC(C)CC1=C2C(=NCCN1)C(=O)N(c1ccccc1)C2c1cccc(C(F)(F)F)c1. The first kappa shape index (κ1) is 21.2. The number of benzene rings is 2. The van der Waals surface area contributed by atoms with Gasteiger partial charge in [0.1, 0.15) is 5.71 Å². The molecule has 0 aromatic heterocycles. The minimum Gasteiger partial charge on any atom is -0.386 e. The van der Waals surface area contributed by atoms with Crippen LogP contribution in [0.1, 0.15) is 37.4 Å². The number of nitrogens with zero attached hydrogens (tertiary/aromatic N) is 2. The number of anilines is 1. The third kappa shape index (κ3) is 4.09. The van der Waals surface area contributed by atoms with Crippen molar-refractivity contribution in [3.63, 3.8) is 0 Å². The van der Waals surface area contributed by atoms with Crippen LogP contribution in [0.3, 0.4) is 0 Å². The van der Waals surface area contributed by atoms with Gasteiger partial charge in [0.2, 0.25) is 0 Å². The van der Waals surface area contributed by atoms with Gasteiger partial charge in [-0.1, -0.05) is 44.2 Å². The quantitative estimate of drug-likeness (QED) is 0.735. The van der Waals surface area contributed by atoms with Gasteiger partial charge in [-0.15, -0.1) is 0 Å². The van der Waals surface area contributed by atoms with Crippen LogP contribution < -0.4 is 10.2 Å². The van der Waals surface area contributed by atoms with Gasteiger partial charge < -0.3 is 5.32 Å². The van der Waals surface area contributed by atoms with E-state index < -0.39 is 17.8 Å². The van der Waals surface area contributed by atoms with Gasteiger partial charge in [-0.2, -0.15) is 13.2 Å². The monoisotopic (exact) mass is 427 g/mol. The Morgan fingerprint density at radius 3 is 2.55 bits per heavy atom. The largest absolute Gasteiger partial charge is 0.416 e. The molecule has 0 spiro atoms. The molecule has 2 aliphatic rings. The molecule has 0 radical (unpaired) electrons. The molecule has 1 N–H and O–H groups in total. The molecule has 0 saturated carbocycles. The van der Waals surface area contributed by atoms with E-state index in [1.807, 2.05) is 18.2 Å². The second kappa shape index (κ2) is 8.21. The van der Waals surface area contributed by atoms with Crippen LogP contribution in [0.25, 0.3) is 0 Å². The third-order valence-electron chi connectivity index (χ3n) is 5.43. The molecular weight excluding hydrogens is 403 g/mol. The van der Waals surface area contributed by atoms with E-state index in [9.17, 15) is 18.0 Å². The number of nitrogens with one attached hydrogen (secondary N) is 1. The second-order valence-electron chi connectivity index (χ2n) is 8.18. The summed E-state index contributed by atoms with van der Waals surface area (Å²) in [6, 6.07) is 13.6. The van der Waals surface area contributed by atoms with Crippen LogP contribution in [0, 0.1) is 5.92 Å². The summed E-state index contributed by atoms with van der Waals surface area (Å²) in [6.07, 6.45) is -3.79. The predicted molar refractivity (Wildman–Crippen MR) is 115 cm³/mol. The minimum atomic E-state index is -4.47. The van der Waals surface area contributed by atoms with Crippen molar-refractivity contribution in [2.75, 3.05) is 18.0 Å². The molecule has 0 bridgehead atoms. The highest BCUT2D eigenvalue weighted by molar-refractivity contribution is 6.53. The van der Waals surface area contributed by atoms with Gasteiger partial charge in [0.05, 0.1) is 18.2 Å². The van der Waals surface area contributed by atoms with Crippen LogP contribution in [0.5, 0.6) is 0 Å². The Labute approximate surface area is 179 Å². The number of para-hydroxylation sites is 1. The standard InChI is InChI=1S/C24H24F3N3O/c1-15(2)13-19-20-21(29-12-11-28-19)23(31)30(18-9-4-3-5-10-18)22(20)16-7-6-8-17(14-16)24(25,26)27/h3-10,14-15,22,28H,11-13H2,1-2H3. The Balaban J connectivity index is 1.96. The van der Waals surface area contributed by atoms with Crippen molar-refractivity contribution in [3.8, 4) is 0 Å². The first-order valence-electron chi connectivity index (χ1n) is 10.3. The Morgan fingerprint density at radius 2 is 1.87 bits per heavy atom. The van der Waals surface area contributed by atoms with Crippen molar-refractivity contribution >= 4 is 17.3 Å². The zero-order valence-corrected chi connectivity index (χ0v) is 17.4. The summed E-state index contributed by atoms with van der Waals surface area (Å²) < 4.78 is 40.4. The summed E-state index contributed by atoms with van der Waals surface area (Å²) in [7, 11) is 0. The molecule has 2 aliphatic heterocycles. The number of fused-ring (bicyclic) bond motifs is 1. The molecule has 1 amide bonds. The topological polar surface area (TPSA) is 44.7 Å². The van der Waals surface area contributed by atoms with E-state index in [2.05, 4.69) is 24.2 Å². The Kier molecular flexibility index (Phi) is 5.60. The number of carbonyl (C=O) groups is 1. The maximum atomic E-state index is 13.5. The van der Waals surface area contributed by atoms with Crippen LogP contribution in [0.15, 0.2) is 70.9 Å². The summed E-state index contributed by atoms with van der Waals surface area (Å²) in [5.74, 6) is 0.0194. The number of alkyl halides is 3. The highest BCUT2D eigenvalue weighted by atomic mass is 19.4. The van der Waals surface area contributed by atoms with Crippen molar-refractivity contribution < 1.29 is 18.0 Å². The van der Waals surface area contributed by atoms with Crippen LogP contribution in [-0.4, -0.2) is 24.7 Å². The van der Waals surface area contributed by atoms with Gasteiger partial charge in [-0.3, -0.25) is 14.7 Å². The molecule has 2 aromatic rings. The van der Waals surface area contributed by atoms with Crippen molar-refractivity contribution in [2.45, 2.75) is 32.5 Å². The number of halogens is 3. The van der Waals surface area contributed by atoms with Gasteiger partial charge >= 0.3 is 6.18 Å². The van der Waals surface area contributed by atoms with E-state index in [1.165, 1.54) is 6.07 Å². The summed E-state index contributed by atoms with van der Waals surface area (Å²) in [6.45, 7) is 5.16. The molecule has 2 heterocycles. The van der Waals surface area contributed by atoms with Gasteiger partial charge in [-0.05, 0) is 42.2 Å². The fraction of sp³-hybridized carbons (Fsp3) is 0.333. The molecule has 1 unspecified atom stereocenters. The average molecular weight is 427 g/mol. The first-order chi connectivity index (χ1) is 14.8. The molecule has 1 atom stereocenters. The molecule has 31 heavy (non-hydrogen) atoms. The van der Waals surface area contributed by atoms with Gasteiger partial charge in [0.25, 0.3) is 5.91 Å². The fourth-order valence-corrected chi connectivity index (χ4v) is 4.18. The summed E-state index contributed by atoms with van der Waals surface area (Å²) >= 11 is 0. The third-order valence-corrected chi connectivity index (χ3v) is 5.43. The number of hydrogen-bond donors (Lipinski definition) is 1. The highest BCUT2D eigenvalue weighted by Gasteiger charge is 2.45. The number of aliphatic imine (C=N–C) groups is 1. The smallest absolute Gasteiger partial charge is 0.386 e. The number of allylic oxidation sites excluding steroid dienone is 1. The lowest BCUT2D eigenvalue weighted by Gasteiger charge is -2.27. The Hall–Kier alpha value is -3.09. The lowest BCUT2D eigenvalue weighted by molar-refractivity contribution is -0.137. The van der Waals surface area contributed by atoms with E-state index in [0.717, 1.165) is 17.8 Å². The van der Waals surface area contributed by atoms with Gasteiger partial charge in [0.15, 0.2) is 0 Å². The van der Waals surface area contributed by atoms with Crippen LogP contribution in [0.4, 0.5) is 18.9 Å². The summed E-state index contributed by atoms with van der Waals surface area (Å²) in [5, 5.41) is 3.39. The lowest BCUT2D eigenvalue weighted by Crippen LogP contribution is -2.30. The first-order valence-corrected chi connectivity index (χ1v) is 10.3. The number of amides is 1. The predicted octanol–water partition coefficient (Wildman–Crippen LogP) is 5.14. The van der Waals surface area contributed by atoms with E-state index in [1.54, 1.807) is 23.1 Å². The number of hydrogen-bond acceptors (Lipinski definition) is 3. The van der Waals surface area contributed by atoms with E-state index >= 15 is 0 Å². The molecule has 162 valence electrons. The maximum Gasteiger partial charge on any atom is 0.416 e. The average Bonchev–Trinajstić information content (AvgIpc) is 2.87. The van der Waals surface area contributed by atoms with Crippen molar-refractivity contribution in [3.05, 3.63) is 77.0 Å². The number of rotatable bonds is 4. The lowest BCUT2D eigenvalue weighted by atomic mass is 9.92. The normalized spacial score (nSPS) is 19.3. The van der Waals surface area contributed by atoms with E-state index in [0.29, 0.717) is 48.0 Å². The van der Waals surface area contributed by atoms with Crippen molar-refractivity contribution in [1.29, 1.82) is 0 Å². The Bertz CT molecular complexity index is 1040. The van der Waals surface area contributed by atoms with E-state index in [4.69, 9.17) is 0 Å². The zero-order valence-electron chi connectivity index (χ0n) is 17.4. The minimum absolute atomic E-state index is 0.284. The molecule has 4 nitrogen and oxygen atoms in total. The number of carbonyl (C=O) groups excluding carboxylic acids is 1. The molecule has 4 rings (SSSR count). The second-order valence-corrected chi connectivity index (χ2v) is 8.18. The summed E-state index contributed by atoms with van der Waals surface area (Å²) in [5.41, 5.74) is 2.20.